The lowest BCUT2D eigenvalue weighted by atomic mass is 10.1. The summed E-state index contributed by atoms with van der Waals surface area (Å²) in [6.45, 7) is 6.06. The van der Waals surface area contributed by atoms with E-state index in [1.807, 2.05) is 37.3 Å². The molecule has 1 aliphatic heterocycles. The van der Waals surface area contributed by atoms with Crippen LogP contribution >= 0.6 is 11.8 Å². The SMILES string of the molecule is CCOCCCNC(=O)c1ccc2c(c1)N=C(CC)c1ccccc1S2. The molecule has 1 amide bonds. The summed E-state index contributed by atoms with van der Waals surface area (Å²) in [6, 6.07) is 14.1. The number of rotatable bonds is 7. The Kier molecular flexibility index (Phi) is 6.47. The summed E-state index contributed by atoms with van der Waals surface area (Å²) < 4.78 is 5.29. The summed E-state index contributed by atoms with van der Waals surface area (Å²) >= 11 is 1.71. The number of carbonyl (C=O) groups is 1. The van der Waals surface area contributed by atoms with E-state index in [9.17, 15) is 4.79 Å². The Morgan fingerprint density at radius 3 is 2.81 bits per heavy atom. The Bertz CT molecular complexity index is 817. The van der Waals surface area contributed by atoms with E-state index in [1.165, 1.54) is 10.5 Å². The Labute approximate surface area is 159 Å². The third-order valence-corrected chi connectivity index (χ3v) is 5.33. The number of nitrogens with one attached hydrogen (secondary N) is 1. The van der Waals surface area contributed by atoms with Gasteiger partial charge in [-0.25, -0.2) is 0 Å². The maximum absolute atomic E-state index is 12.4. The van der Waals surface area contributed by atoms with Gasteiger partial charge in [-0.3, -0.25) is 9.79 Å². The standard InChI is InChI=1S/C21H24N2O2S/c1-3-17-16-8-5-6-9-19(16)26-20-11-10-15(14-18(20)23-17)21(24)22-12-7-13-25-4-2/h5-6,8-11,14H,3-4,7,12-13H2,1-2H3,(H,22,24). The Morgan fingerprint density at radius 2 is 2.00 bits per heavy atom. The number of hydrogen-bond acceptors (Lipinski definition) is 4. The highest BCUT2D eigenvalue weighted by molar-refractivity contribution is 7.99. The highest BCUT2D eigenvalue weighted by Crippen LogP contribution is 2.41. The molecule has 0 unspecified atom stereocenters. The van der Waals surface area contributed by atoms with Gasteiger partial charge in [0.05, 0.1) is 5.69 Å². The smallest absolute Gasteiger partial charge is 0.251 e. The van der Waals surface area contributed by atoms with Crippen molar-refractivity contribution in [3.8, 4) is 0 Å². The van der Waals surface area contributed by atoms with Gasteiger partial charge in [0.25, 0.3) is 5.91 Å². The molecule has 0 saturated heterocycles. The first-order chi connectivity index (χ1) is 12.7. The van der Waals surface area contributed by atoms with Crippen LogP contribution in [-0.4, -0.2) is 31.4 Å². The van der Waals surface area contributed by atoms with Crippen molar-refractivity contribution in [1.82, 2.24) is 5.32 Å². The lowest BCUT2D eigenvalue weighted by Crippen LogP contribution is -2.25. The van der Waals surface area contributed by atoms with Crippen LogP contribution < -0.4 is 5.32 Å². The van der Waals surface area contributed by atoms with Crippen molar-refractivity contribution in [2.24, 2.45) is 4.99 Å². The number of fused-ring (bicyclic) bond motifs is 2. The zero-order valence-corrected chi connectivity index (χ0v) is 16.1. The van der Waals surface area contributed by atoms with E-state index in [-0.39, 0.29) is 5.91 Å². The third kappa shape index (κ3) is 4.34. The van der Waals surface area contributed by atoms with E-state index in [0.717, 1.165) is 29.1 Å². The molecule has 136 valence electrons. The van der Waals surface area contributed by atoms with Gasteiger partial charge in [-0.2, -0.15) is 0 Å². The zero-order valence-electron chi connectivity index (χ0n) is 15.2. The van der Waals surface area contributed by atoms with Crippen LogP contribution in [0.2, 0.25) is 0 Å². The van der Waals surface area contributed by atoms with Gasteiger partial charge in [0, 0.05) is 46.4 Å². The third-order valence-electron chi connectivity index (χ3n) is 4.18. The number of amides is 1. The van der Waals surface area contributed by atoms with Gasteiger partial charge >= 0.3 is 0 Å². The molecule has 3 rings (SSSR count). The van der Waals surface area contributed by atoms with Crippen LogP contribution in [0.25, 0.3) is 0 Å². The van der Waals surface area contributed by atoms with E-state index in [2.05, 4.69) is 24.4 Å². The maximum Gasteiger partial charge on any atom is 0.251 e. The lowest BCUT2D eigenvalue weighted by Gasteiger charge is -2.08. The van der Waals surface area contributed by atoms with Gasteiger partial charge < -0.3 is 10.1 Å². The summed E-state index contributed by atoms with van der Waals surface area (Å²) in [7, 11) is 0. The van der Waals surface area contributed by atoms with Crippen LogP contribution in [0.3, 0.4) is 0 Å². The van der Waals surface area contributed by atoms with Crippen LogP contribution in [0.15, 0.2) is 57.2 Å². The Morgan fingerprint density at radius 1 is 1.15 bits per heavy atom. The molecule has 4 nitrogen and oxygen atoms in total. The fraction of sp³-hybridized carbons (Fsp3) is 0.333. The lowest BCUT2D eigenvalue weighted by molar-refractivity contribution is 0.0944. The number of ether oxygens (including phenoxy) is 1. The van der Waals surface area contributed by atoms with Crippen molar-refractivity contribution < 1.29 is 9.53 Å². The van der Waals surface area contributed by atoms with Gasteiger partial charge in [0.1, 0.15) is 0 Å². The zero-order chi connectivity index (χ0) is 18.4. The van der Waals surface area contributed by atoms with E-state index in [1.54, 1.807) is 11.8 Å². The average Bonchev–Trinajstić information content (AvgIpc) is 2.83. The first-order valence-electron chi connectivity index (χ1n) is 9.07. The number of hydrogen-bond donors (Lipinski definition) is 1. The van der Waals surface area contributed by atoms with Crippen molar-refractivity contribution in [2.45, 2.75) is 36.5 Å². The van der Waals surface area contributed by atoms with E-state index < -0.39 is 0 Å². The summed E-state index contributed by atoms with van der Waals surface area (Å²) in [5.41, 5.74) is 3.75. The minimum absolute atomic E-state index is 0.0655. The molecule has 0 atom stereocenters. The van der Waals surface area contributed by atoms with Crippen molar-refractivity contribution in [3.63, 3.8) is 0 Å². The molecule has 0 aliphatic carbocycles. The molecule has 0 bridgehead atoms. The number of aliphatic imine (C=N–C) groups is 1. The monoisotopic (exact) mass is 368 g/mol. The minimum atomic E-state index is -0.0655. The molecule has 0 aromatic heterocycles. The predicted octanol–water partition coefficient (Wildman–Crippen LogP) is 4.84. The highest BCUT2D eigenvalue weighted by Gasteiger charge is 2.17. The van der Waals surface area contributed by atoms with Crippen molar-refractivity contribution in [1.29, 1.82) is 0 Å². The topological polar surface area (TPSA) is 50.7 Å². The second kappa shape index (κ2) is 9.01. The van der Waals surface area contributed by atoms with Crippen molar-refractivity contribution in [2.75, 3.05) is 19.8 Å². The van der Waals surface area contributed by atoms with Gasteiger partial charge in [-0.1, -0.05) is 36.9 Å². The minimum Gasteiger partial charge on any atom is -0.382 e. The average molecular weight is 369 g/mol. The second-order valence-electron chi connectivity index (χ2n) is 6.00. The number of nitrogens with zero attached hydrogens (tertiary/aromatic N) is 1. The molecule has 2 aromatic rings. The summed E-state index contributed by atoms with van der Waals surface area (Å²) in [5.74, 6) is -0.0655. The van der Waals surface area contributed by atoms with Crippen LogP contribution in [0, 0.1) is 0 Å². The molecule has 1 aliphatic rings. The maximum atomic E-state index is 12.4. The fourth-order valence-electron chi connectivity index (χ4n) is 2.84. The molecular weight excluding hydrogens is 344 g/mol. The molecular formula is C21H24N2O2S. The normalized spacial score (nSPS) is 12.6. The molecule has 0 fully saturated rings. The van der Waals surface area contributed by atoms with Crippen molar-refractivity contribution in [3.05, 3.63) is 53.6 Å². The van der Waals surface area contributed by atoms with E-state index >= 15 is 0 Å². The van der Waals surface area contributed by atoms with Crippen LogP contribution in [0.1, 0.15) is 42.6 Å². The highest BCUT2D eigenvalue weighted by atomic mass is 32.2. The molecule has 0 radical (unpaired) electrons. The second-order valence-corrected chi connectivity index (χ2v) is 7.08. The summed E-state index contributed by atoms with van der Waals surface area (Å²) in [5, 5.41) is 2.95. The Balaban J connectivity index is 1.79. The van der Waals surface area contributed by atoms with Crippen molar-refractivity contribution >= 4 is 29.1 Å². The van der Waals surface area contributed by atoms with Gasteiger partial charge in [-0.05, 0) is 44.0 Å². The van der Waals surface area contributed by atoms with Gasteiger partial charge in [0.15, 0.2) is 0 Å². The number of benzene rings is 2. The predicted molar refractivity (Wildman–Crippen MR) is 107 cm³/mol. The molecule has 26 heavy (non-hydrogen) atoms. The largest absolute Gasteiger partial charge is 0.382 e. The van der Waals surface area contributed by atoms with Crippen LogP contribution in [0.5, 0.6) is 0 Å². The van der Waals surface area contributed by atoms with Gasteiger partial charge in [-0.15, -0.1) is 0 Å². The molecule has 1 heterocycles. The molecule has 1 N–H and O–H groups in total. The molecule has 5 heteroatoms. The summed E-state index contributed by atoms with van der Waals surface area (Å²) in [4.78, 5) is 19.6. The summed E-state index contributed by atoms with van der Waals surface area (Å²) in [6.07, 6.45) is 1.67. The Hall–Kier alpha value is -2.11. The van der Waals surface area contributed by atoms with Crippen LogP contribution in [-0.2, 0) is 4.74 Å². The van der Waals surface area contributed by atoms with Crippen LogP contribution in [0.4, 0.5) is 5.69 Å². The first-order valence-corrected chi connectivity index (χ1v) is 9.89. The molecule has 0 saturated carbocycles. The van der Waals surface area contributed by atoms with E-state index in [4.69, 9.17) is 9.73 Å². The molecule has 2 aromatic carbocycles. The number of carbonyl (C=O) groups excluding carboxylic acids is 1. The first kappa shape index (κ1) is 18.7. The quantitative estimate of drug-likeness (QED) is 0.712. The molecule has 0 spiro atoms. The van der Waals surface area contributed by atoms with Gasteiger partial charge in [0.2, 0.25) is 0 Å². The fourth-order valence-corrected chi connectivity index (χ4v) is 3.87. The van der Waals surface area contributed by atoms with E-state index in [0.29, 0.717) is 25.3 Å².